The summed E-state index contributed by atoms with van der Waals surface area (Å²) in [6, 6.07) is 10.0. The van der Waals surface area contributed by atoms with Gasteiger partial charge in [-0.3, -0.25) is 9.62 Å². The molecule has 17 heteroatoms. The molecule has 41 heavy (non-hydrogen) atoms. The molecule has 4 rings (SSSR count). The zero-order valence-corrected chi connectivity index (χ0v) is 25.4. The van der Waals surface area contributed by atoms with Gasteiger partial charge in [-0.1, -0.05) is 48.7 Å². The Morgan fingerprint density at radius 2 is 1.83 bits per heavy atom. The number of aliphatic carboxylic acids is 1. The molecular weight excluding hydrogens is 652 g/mol. The summed E-state index contributed by atoms with van der Waals surface area (Å²) in [5.74, 6) is -2.31. The smallest absolute Gasteiger partial charge is 0.488 e. The topological polar surface area (TPSA) is 122 Å². The third-order valence-corrected chi connectivity index (χ3v) is 8.62. The minimum atomic E-state index is -5.08. The lowest BCUT2D eigenvalue weighted by Crippen LogP contribution is -2.50. The van der Waals surface area contributed by atoms with Gasteiger partial charge in [0.05, 0.1) is 9.92 Å². The molecule has 0 bridgehead atoms. The highest BCUT2D eigenvalue weighted by atomic mass is 35.5. The molecule has 1 aromatic heterocycles. The van der Waals surface area contributed by atoms with Crippen LogP contribution in [0.1, 0.15) is 25.8 Å². The average molecular weight is 676 g/mol. The summed E-state index contributed by atoms with van der Waals surface area (Å²) in [4.78, 5) is 15.1. The predicted octanol–water partition coefficient (Wildman–Crippen LogP) is 6.61. The van der Waals surface area contributed by atoms with Gasteiger partial charge in [-0.15, -0.1) is 0 Å². The number of anilines is 1. The number of piperidine rings is 1. The largest absolute Gasteiger partial charge is 0.490 e. The number of carboxylic acids is 1. The van der Waals surface area contributed by atoms with Gasteiger partial charge < -0.3 is 9.84 Å². The summed E-state index contributed by atoms with van der Waals surface area (Å²) >= 11 is 19.7. The van der Waals surface area contributed by atoms with E-state index in [4.69, 9.17) is 49.4 Å². The maximum Gasteiger partial charge on any atom is 0.490 e. The first-order valence-corrected chi connectivity index (χ1v) is 15.1. The second-order valence-electron chi connectivity index (χ2n) is 9.62. The summed E-state index contributed by atoms with van der Waals surface area (Å²) in [6.07, 6.45) is -3.11. The minimum Gasteiger partial charge on any atom is -0.488 e. The number of carboxylic acid groups (broad SMARTS) is 1. The van der Waals surface area contributed by atoms with Crippen LogP contribution in [-0.4, -0.2) is 59.1 Å². The van der Waals surface area contributed by atoms with Gasteiger partial charge in [0.1, 0.15) is 18.2 Å². The number of rotatable bonds is 7. The van der Waals surface area contributed by atoms with E-state index in [1.54, 1.807) is 12.1 Å². The lowest BCUT2D eigenvalue weighted by Gasteiger charge is -2.44. The van der Waals surface area contributed by atoms with Gasteiger partial charge in [0.25, 0.3) is 10.0 Å². The second-order valence-corrected chi connectivity index (χ2v) is 13.4. The molecule has 0 amide bonds. The summed E-state index contributed by atoms with van der Waals surface area (Å²) in [6.45, 7) is 6.66. The standard InChI is InChI=1S/C22H23Cl3N4O3S2.C2HF3O2/c1-22(2)12-29(11-14-7-15(23)9-16(24)8-14)6-5-20(22)32-19-4-3-17(10-18(19)25)34(30,31)28-21-26-13-27-33-21;3-2(4,5)1(6)7/h3-4,7-10,13,20H,5-6,11-12H2,1-2H3,(H,26,27,28);(H,6,7). The molecule has 0 spiro atoms. The molecule has 3 aromatic rings. The second kappa shape index (κ2) is 13.3. The lowest BCUT2D eigenvalue weighted by molar-refractivity contribution is -0.192. The highest BCUT2D eigenvalue weighted by Gasteiger charge is 2.39. The summed E-state index contributed by atoms with van der Waals surface area (Å²) in [7, 11) is -3.83. The Bertz CT molecular complexity index is 1460. The van der Waals surface area contributed by atoms with Gasteiger partial charge in [0.2, 0.25) is 5.13 Å². The van der Waals surface area contributed by atoms with E-state index < -0.39 is 22.2 Å². The van der Waals surface area contributed by atoms with E-state index in [0.29, 0.717) is 15.8 Å². The Labute approximate surface area is 253 Å². The molecule has 0 aliphatic carbocycles. The van der Waals surface area contributed by atoms with Crippen LogP contribution >= 0.6 is 46.3 Å². The van der Waals surface area contributed by atoms with E-state index in [-0.39, 0.29) is 26.6 Å². The number of benzene rings is 2. The molecule has 0 radical (unpaired) electrons. The number of alkyl halides is 3. The Kier molecular flexibility index (Phi) is 10.8. The van der Waals surface area contributed by atoms with Gasteiger partial charge in [0, 0.05) is 46.6 Å². The molecule has 1 aliphatic heterocycles. The number of halogens is 6. The van der Waals surface area contributed by atoms with Crippen LogP contribution in [0, 0.1) is 5.41 Å². The third-order valence-electron chi connectivity index (χ3n) is 5.85. The van der Waals surface area contributed by atoms with Gasteiger partial charge in [-0.05, 0) is 48.4 Å². The average Bonchev–Trinajstić information content (AvgIpc) is 3.33. The molecule has 0 saturated carbocycles. The molecule has 1 aliphatic rings. The van der Waals surface area contributed by atoms with Crippen LogP contribution in [0.25, 0.3) is 0 Å². The SMILES string of the molecule is CC1(C)CN(Cc2cc(Cl)cc(Cl)c2)CCC1Oc1ccc(S(=O)(=O)Nc2ncns2)cc1Cl.O=C(O)C(F)(F)F. The van der Waals surface area contributed by atoms with Crippen LogP contribution in [0.3, 0.4) is 0 Å². The first-order valence-electron chi connectivity index (χ1n) is 11.7. The van der Waals surface area contributed by atoms with Gasteiger partial charge in [-0.25, -0.2) is 18.2 Å². The quantitative estimate of drug-likeness (QED) is 0.287. The number of ether oxygens (including phenoxy) is 1. The third kappa shape index (κ3) is 9.58. The van der Waals surface area contributed by atoms with Crippen LogP contribution in [0.4, 0.5) is 18.3 Å². The first kappa shape index (κ1) is 33.1. The summed E-state index contributed by atoms with van der Waals surface area (Å²) in [5.41, 5.74) is 0.892. The van der Waals surface area contributed by atoms with E-state index in [1.165, 1.54) is 18.5 Å². The highest BCUT2D eigenvalue weighted by Crippen LogP contribution is 2.37. The van der Waals surface area contributed by atoms with Crippen molar-refractivity contribution >= 4 is 67.5 Å². The maximum absolute atomic E-state index is 12.6. The molecule has 9 nitrogen and oxygen atoms in total. The molecule has 2 heterocycles. The number of nitrogens with zero attached hydrogens (tertiary/aromatic N) is 3. The van der Waals surface area contributed by atoms with E-state index in [1.807, 2.05) is 12.1 Å². The van der Waals surface area contributed by atoms with Crippen molar-refractivity contribution < 1.29 is 36.2 Å². The maximum atomic E-state index is 12.6. The molecule has 1 atom stereocenters. The first-order chi connectivity index (χ1) is 19.0. The van der Waals surface area contributed by atoms with Gasteiger partial charge >= 0.3 is 12.1 Å². The summed E-state index contributed by atoms with van der Waals surface area (Å²) < 4.78 is 69.4. The zero-order chi connectivity index (χ0) is 30.6. The van der Waals surface area contributed by atoms with Crippen LogP contribution in [0.2, 0.25) is 15.1 Å². The van der Waals surface area contributed by atoms with Crippen LogP contribution in [0.5, 0.6) is 5.75 Å². The van der Waals surface area contributed by atoms with Crippen molar-refractivity contribution in [3.63, 3.8) is 0 Å². The fourth-order valence-corrected chi connectivity index (χ4v) is 6.60. The number of nitrogens with one attached hydrogen (secondary N) is 1. The van der Waals surface area contributed by atoms with Crippen LogP contribution < -0.4 is 9.46 Å². The van der Waals surface area contributed by atoms with E-state index in [0.717, 1.165) is 43.2 Å². The summed E-state index contributed by atoms with van der Waals surface area (Å²) in [5, 5.41) is 8.79. The number of hydrogen-bond donors (Lipinski definition) is 2. The van der Waals surface area contributed by atoms with Crippen molar-refractivity contribution in [2.45, 2.75) is 44.0 Å². The lowest BCUT2D eigenvalue weighted by atomic mass is 9.81. The van der Waals surface area contributed by atoms with Crippen molar-refractivity contribution in [3.05, 3.63) is 63.4 Å². The van der Waals surface area contributed by atoms with Crippen molar-refractivity contribution in [3.8, 4) is 5.75 Å². The Morgan fingerprint density at radius 3 is 2.34 bits per heavy atom. The van der Waals surface area contributed by atoms with Crippen molar-refractivity contribution in [2.24, 2.45) is 5.41 Å². The van der Waals surface area contributed by atoms with Crippen LogP contribution in [0.15, 0.2) is 47.6 Å². The van der Waals surface area contributed by atoms with E-state index in [2.05, 4.69) is 32.8 Å². The number of sulfonamides is 1. The number of likely N-dealkylation sites (tertiary alicyclic amines) is 1. The number of aromatic nitrogens is 2. The van der Waals surface area contributed by atoms with Crippen molar-refractivity contribution in [1.29, 1.82) is 0 Å². The monoisotopic (exact) mass is 674 g/mol. The molecular formula is C24H24Cl3F3N4O5S2. The van der Waals surface area contributed by atoms with Crippen molar-refractivity contribution in [1.82, 2.24) is 14.3 Å². The van der Waals surface area contributed by atoms with Crippen LogP contribution in [-0.2, 0) is 21.4 Å². The van der Waals surface area contributed by atoms with E-state index in [9.17, 15) is 21.6 Å². The Morgan fingerprint density at radius 1 is 1.20 bits per heavy atom. The molecule has 1 unspecified atom stereocenters. The highest BCUT2D eigenvalue weighted by molar-refractivity contribution is 7.93. The zero-order valence-electron chi connectivity index (χ0n) is 21.5. The minimum absolute atomic E-state index is 0.0225. The predicted molar refractivity (Wildman–Crippen MR) is 150 cm³/mol. The Hall–Kier alpha value is -2.36. The fourth-order valence-electron chi connectivity index (χ4n) is 4.05. The molecule has 2 N–H and O–H groups in total. The molecule has 1 fully saturated rings. The van der Waals surface area contributed by atoms with E-state index >= 15 is 0 Å². The number of carbonyl (C=O) groups is 1. The Balaban J connectivity index is 0.000000587. The molecule has 1 saturated heterocycles. The number of hydrogen-bond acceptors (Lipinski definition) is 8. The molecule has 224 valence electrons. The van der Waals surface area contributed by atoms with Gasteiger partial charge in [0.15, 0.2) is 0 Å². The fraction of sp³-hybridized carbons (Fsp3) is 0.375. The normalized spacial score (nSPS) is 17.3. The molecule has 2 aromatic carbocycles. The van der Waals surface area contributed by atoms with Gasteiger partial charge in [-0.2, -0.15) is 17.5 Å². The van der Waals surface area contributed by atoms with Crippen molar-refractivity contribution in [2.75, 3.05) is 17.8 Å².